The fourth-order valence-electron chi connectivity index (χ4n) is 1.10. The molecule has 5 heteroatoms. The summed E-state index contributed by atoms with van der Waals surface area (Å²) in [4.78, 5) is 19.0. The predicted octanol–water partition coefficient (Wildman–Crippen LogP) is 1.000. The lowest BCUT2D eigenvalue weighted by Gasteiger charge is -2.01. The number of hydrogen-bond donors (Lipinski definition) is 1. The molecule has 0 aliphatic rings. The number of oxazole rings is 1. The molecule has 0 fully saturated rings. The van der Waals surface area contributed by atoms with Crippen molar-refractivity contribution in [1.82, 2.24) is 15.3 Å². The summed E-state index contributed by atoms with van der Waals surface area (Å²) in [6, 6.07) is 3.67. The van der Waals surface area contributed by atoms with Crippen molar-refractivity contribution in [2.24, 2.45) is 0 Å². The Morgan fingerprint density at radius 2 is 2.20 bits per heavy atom. The maximum absolute atomic E-state index is 11.4. The molecule has 0 aliphatic heterocycles. The van der Waals surface area contributed by atoms with Gasteiger partial charge in [0.2, 0.25) is 0 Å². The van der Waals surface area contributed by atoms with Gasteiger partial charge in [0, 0.05) is 18.9 Å². The van der Waals surface area contributed by atoms with E-state index in [9.17, 15) is 4.79 Å². The van der Waals surface area contributed by atoms with Crippen LogP contribution in [0.25, 0.3) is 0 Å². The molecule has 76 valence electrons. The second-order valence-corrected chi connectivity index (χ2v) is 2.91. The van der Waals surface area contributed by atoms with Crippen LogP contribution in [0.15, 0.2) is 41.6 Å². The summed E-state index contributed by atoms with van der Waals surface area (Å²) in [7, 11) is 0. The molecule has 0 saturated heterocycles. The zero-order valence-corrected chi connectivity index (χ0v) is 7.88. The van der Waals surface area contributed by atoms with Crippen molar-refractivity contribution in [3.63, 3.8) is 0 Å². The molecule has 0 bridgehead atoms. The van der Waals surface area contributed by atoms with E-state index in [4.69, 9.17) is 4.42 Å². The van der Waals surface area contributed by atoms with Crippen molar-refractivity contribution in [3.05, 3.63) is 48.4 Å². The van der Waals surface area contributed by atoms with Crippen molar-refractivity contribution in [3.8, 4) is 0 Å². The highest BCUT2D eigenvalue weighted by Crippen LogP contribution is 1.97. The summed E-state index contributed by atoms with van der Waals surface area (Å²) < 4.78 is 4.71. The number of pyridine rings is 1. The fourth-order valence-corrected chi connectivity index (χ4v) is 1.10. The topological polar surface area (TPSA) is 68.0 Å². The molecule has 0 aliphatic carbocycles. The summed E-state index contributed by atoms with van der Waals surface area (Å²) >= 11 is 0. The SMILES string of the molecule is O=C(NCc1ccncc1)c1cocn1. The molecule has 0 saturated carbocycles. The molecule has 0 radical (unpaired) electrons. The van der Waals surface area contributed by atoms with E-state index in [1.165, 1.54) is 12.7 Å². The third-order valence-electron chi connectivity index (χ3n) is 1.87. The maximum Gasteiger partial charge on any atom is 0.273 e. The molecule has 0 atom stereocenters. The van der Waals surface area contributed by atoms with Crippen molar-refractivity contribution in [1.29, 1.82) is 0 Å². The van der Waals surface area contributed by atoms with Gasteiger partial charge in [-0.15, -0.1) is 0 Å². The first-order chi connectivity index (χ1) is 7.36. The van der Waals surface area contributed by atoms with Gasteiger partial charge in [-0.3, -0.25) is 9.78 Å². The number of rotatable bonds is 3. The van der Waals surface area contributed by atoms with E-state index in [-0.39, 0.29) is 11.6 Å². The number of carbonyl (C=O) groups excluding carboxylic acids is 1. The molecule has 5 nitrogen and oxygen atoms in total. The maximum atomic E-state index is 11.4. The average molecular weight is 203 g/mol. The summed E-state index contributed by atoms with van der Waals surface area (Å²) in [6.45, 7) is 0.453. The van der Waals surface area contributed by atoms with Gasteiger partial charge >= 0.3 is 0 Å². The van der Waals surface area contributed by atoms with Gasteiger partial charge in [-0.05, 0) is 17.7 Å². The normalized spacial score (nSPS) is 9.87. The lowest BCUT2D eigenvalue weighted by atomic mass is 10.2. The number of hydrogen-bond acceptors (Lipinski definition) is 4. The smallest absolute Gasteiger partial charge is 0.273 e. The van der Waals surface area contributed by atoms with Crippen LogP contribution < -0.4 is 5.32 Å². The van der Waals surface area contributed by atoms with Crippen LogP contribution in [-0.4, -0.2) is 15.9 Å². The average Bonchev–Trinajstić information content (AvgIpc) is 2.81. The van der Waals surface area contributed by atoms with Gasteiger partial charge in [0.05, 0.1) is 0 Å². The summed E-state index contributed by atoms with van der Waals surface area (Å²) in [5.41, 5.74) is 1.27. The van der Waals surface area contributed by atoms with Gasteiger partial charge in [-0.1, -0.05) is 0 Å². The highest BCUT2D eigenvalue weighted by Gasteiger charge is 2.07. The highest BCUT2D eigenvalue weighted by atomic mass is 16.3. The van der Waals surface area contributed by atoms with E-state index in [1.54, 1.807) is 12.4 Å². The number of nitrogens with one attached hydrogen (secondary N) is 1. The predicted molar refractivity (Wildman–Crippen MR) is 51.9 cm³/mol. The van der Waals surface area contributed by atoms with Gasteiger partial charge in [-0.2, -0.15) is 0 Å². The quantitative estimate of drug-likeness (QED) is 0.808. The molecule has 2 heterocycles. The standard InChI is InChI=1S/C10H9N3O2/c14-10(9-6-15-7-13-9)12-5-8-1-3-11-4-2-8/h1-4,6-7H,5H2,(H,12,14). The number of carbonyl (C=O) groups is 1. The molecular weight excluding hydrogens is 194 g/mol. The number of aromatic nitrogens is 2. The highest BCUT2D eigenvalue weighted by molar-refractivity contribution is 5.91. The number of amides is 1. The largest absolute Gasteiger partial charge is 0.451 e. The summed E-state index contributed by atoms with van der Waals surface area (Å²) in [6.07, 6.45) is 5.89. The van der Waals surface area contributed by atoms with E-state index >= 15 is 0 Å². The molecule has 2 aromatic rings. The van der Waals surface area contributed by atoms with E-state index in [0.717, 1.165) is 5.56 Å². The van der Waals surface area contributed by atoms with E-state index in [0.29, 0.717) is 6.54 Å². The van der Waals surface area contributed by atoms with Gasteiger partial charge in [0.1, 0.15) is 6.26 Å². The Balaban J connectivity index is 1.92. The number of nitrogens with zero attached hydrogens (tertiary/aromatic N) is 2. The minimum absolute atomic E-state index is 0.249. The minimum atomic E-state index is -0.249. The van der Waals surface area contributed by atoms with Crippen LogP contribution in [0.2, 0.25) is 0 Å². The zero-order chi connectivity index (χ0) is 10.5. The molecule has 15 heavy (non-hydrogen) atoms. The van der Waals surface area contributed by atoms with Gasteiger partial charge in [-0.25, -0.2) is 4.98 Å². The Bertz CT molecular complexity index is 425. The minimum Gasteiger partial charge on any atom is -0.451 e. The second-order valence-electron chi connectivity index (χ2n) is 2.91. The molecule has 1 amide bonds. The first-order valence-corrected chi connectivity index (χ1v) is 4.41. The molecule has 0 spiro atoms. The Morgan fingerprint density at radius 1 is 1.40 bits per heavy atom. The van der Waals surface area contributed by atoms with Crippen LogP contribution >= 0.6 is 0 Å². The van der Waals surface area contributed by atoms with E-state index < -0.39 is 0 Å². The Kier molecular flexibility index (Phi) is 2.73. The van der Waals surface area contributed by atoms with Crippen molar-refractivity contribution >= 4 is 5.91 Å². The molecular formula is C10H9N3O2. The van der Waals surface area contributed by atoms with Crippen molar-refractivity contribution < 1.29 is 9.21 Å². The summed E-state index contributed by atoms with van der Waals surface area (Å²) in [5, 5.41) is 2.71. The van der Waals surface area contributed by atoms with Crippen LogP contribution in [0.3, 0.4) is 0 Å². The summed E-state index contributed by atoms with van der Waals surface area (Å²) in [5.74, 6) is -0.249. The van der Waals surface area contributed by atoms with Crippen molar-refractivity contribution in [2.75, 3.05) is 0 Å². The third-order valence-corrected chi connectivity index (χ3v) is 1.87. The monoisotopic (exact) mass is 203 g/mol. The van der Waals surface area contributed by atoms with Gasteiger partial charge in [0.25, 0.3) is 5.91 Å². The van der Waals surface area contributed by atoms with E-state index in [2.05, 4.69) is 15.3 Å². The van der Waals surface area contributed by atoms with Crippen LogP contribution in [0, 0.1) is 0 Å². The van der Waals surface area contributed by atoms with Crippen molar-refractivity contribution in [2.45, 2.75) is 6.54 Å². The first kappa shape index (κ1) is 9.39. The molecule has 0 aromatic carbocycles. The van der Waals surface area contributed by atoms with Gasteiger partial charge in [0.15, 0.2) is 12.1 Å². The molecule has 1 N–H and O–H groups in total. The lowest BCUT2D eigenvalue weighted by molar-refractivity contribution is 0.0946. The fraction of sp³-hybridized carbons (Fsp3) is 0.100. The van der Waals surface area contributed by atoms with Crippen LogP contribution in [0.1, 0.15) is 16.1 Å². The molecule has 0 unspecified atom stereocenters. The lowest BCUT2D eigenvalue weighted by Crippen LogP contribution is -2.22. The van der Waals surface area contributed by atoms with Crippen LogP contribution in [-0.2, 0) is 6.54 Å². The van der Waals surface area contributed by atoms with E-state index in [1.807, 2.05) is 12.1 Å². The zero-order valence-electron chi connectivity index (χ0n) is 7.88. The Labute approximate surface area is 86.2 Å². The molecule has 2 aromatic heterocycles. The van der Waals surface area contributed by atoms with Crippen LogP contribution in [0.4, 0.5) is 0 Å². The molecule has 2 rings (SSSR count). The first-order valence-electron chi connectivity index (χ1n) is 4.41. The third kappa shape index (κ3) is 2.40. The van der Waals surface area contributed by atoms with Crippen LogP contribution in [0.5, 0.6) is 0 Å². The van der Waals surface area contributed by atoms with Gasteiger partial charge < -0.3 is 9.73 Å². The Hall–Kier alpha value is -2.17. The Morgan fingerprint density at radius 3 is 2.87 bits per heavy atom. The second kappa shape index (κ2) is 4.36.